The molecule has 0 spiro atoms. The van der Waals surface area contributed by atoms with Gasteiger partial charge in [0.25, 0.3) is 0 Å². The van der Waals surface area contributed by atoms with Crippen LogP contribution in [0.1, 0.15) is 24.1 Å². The zero-order valence-corrected chi connectivity index (χ0v) is 12.6. The van der Waals surface area contributed by atoms with Gasteiger partial charge in [0.15, 0.2) is 0 Å². The maximum atomic E-state index is 9.78. The van der Waals surface area contributed by atoms with E-state index >= 15 is 0 Å². The number of rotatable bonds is 6. The monoisotopic (exact) mass is 287 g/mol. The Kier molecular flexibility index (Phi) is 5.06. The molecule has 1 unspecified atom stereocenters. The third-order valence-corrected chi connectivity index (χ3v) is 3.50. The van der Waals surface area contributed by atoms with Crippen LogP contribution in [0.2, 0.25) is 0 Å². The lowest BCUT2D eigenvalue weighted by atomic mass is 10.1. The molecule has 0 aliphatic rings. The molecule has 112 valence electrons. The van der Waals surface area contributed by atoms with E-state index in [1.807, 2.05) is 36.4 Å². The molecule has 0 aliphatic heterocycles. The van der Waals surface area contributed by atoms with Crippen molar-refractivity contribution in [3.63, 3.8) is 0 Å². The van der Waals surface area contributed by atoms with Gasteiger partial charge in [-0.1, -0.05) is 24.3 Å². The standard InChI is InChI=1S/C17H21NO3/c1-12(18-11-13-6-4-5-7-16(13)19)15-9-8-14(20-2)10-17(15)21-3/h4-10,12,18-19H,11H2,1-3H3. The van der Waals surface area contributed by atoms with Gasteiger partial charge in [-0.05, 0) is 19.1 Å². The molecule has 0 aliphatic carbocycles. The normalized spacial score (nSPS) is 12.0. The van der Waals surface area contributed by atoms with E-state index in [0.29, 0.717) is 12.3 Å². The summed E-state index contributed by atoms with van der Waals surface area (Å²) in [6.45, 7) is 2.65. The number of methoxy groups -OCH3 is 2. The van der Waals surface area contributed by atoms with Gasteiger partial charge in [-0.25, -0.2) is 0 Å². The van der Waals surface area contributed by atoms with Crippen molar-refractivity contribution in [2.24, 2.45) is 0 Å². The molecule has 0 saturated carbocycles. The van der Waals surface area contributed by atoms with Crippen LogP contribution in [0.15, 0.2) is 42.5 Å². The van der Waals surface area contributed by atoms with E-state index in [1.165, 1.54) is 0 Å². The molecule has 0 aromatic heterocycles. The molecular weight excluding hydrogens is 266 g/mol. The molecule has 2 aromatic carbocycles. The molecule has 0 heterocycles. The molecule has 21 heavy (non-hydrogen) atoms. The highest BCUT2D eigenvalue weighted by Gasteiger charge is 2.12. The van der Waals surface area contributed by atoms with Crippen LogP contribution in [0, 0.1) is 0 Å². The average molecular weight is 287 g/mol. The van der Waals surface area contributed by atoms with E-state index in [2.05, 4.69) is 12.2 Å². The summed E-state index contributed by atoms with van der Waals surface area (Å²) in [6.07, 6.45) is 0. The van der Waals surface area contributed by atoms with Gasteiger partial charge in [-0.2, -0.15) is 0 Å². The third kappa shape index (κ3) is 3.67. The molecule has 2 rings (SSSR count). The summed E-state index contributed by atoms with van der Waals surface area (Å²) in [6, 6.07) is 13.2. The van der Waals surface area contributed by atoms with Crippen LogP contribution in [0.3, 0.4) is 0 Å². The molecular formula is C17H21NO3. The van der Waals surface area contributed by atoms with Crippen LogP contribution in [0.5, 0.6) is 17.2 Å². The third-order valence-electron chi connectivity index (χ3n) is 3.50. The first-order chi connectivity index (χ1) is 10.2. The van der Waals surface area contributed by atoms with Gasteiger partial charge < -0.3 is 19.9 Å². The minimum absolute atomic E-state index is 0.0884. The van der Waals surface area contributed by atoms with Crippen molar-refractivity contribution in [2.45, 2.75) is 19.5 Å². The molecule has 2 aromatic rings. The van der Waals surface area contributed by atoms with Crippen molar-refractivity contribution in [3.8, 4) is 17.2 Å². The van der Waals surface area contributed by atoms with Crippen molar-refractivity contribution in [1.82, 2.24) is 5.32 Å². The van der Waals surface area contributed by atoms with Gasteiger partial charge in [0.1, 0.15) is 17.2 Å². The van der Waals surface area contributed by atoms with Gasteiger partial charge >= 0.3 is 0 Å². The fraction of sp³-hybridized carbons (Fsp3) is 0.294. The lowest BCUT2D eigenvalue weighted by Crippen LogP contribution is -2.18. The van der Waals surface area contributed by atoms with Crippen LogP contribution >= 0.6 is 0 Å². The van der Waals surface area contributed by atoms with Crippen LogP contribution < -0.4 is 14.8 Å². The van der Waals surface area contributed by atoms with E-state index in [-0.39, 0.29) is 6.04 Å². The van der Waals surface area contributed by atoms with E-state index < -0.39 is 0 Å². The van der Waals surface area contributed by atoms with Crippen LogP contribution in [-0.2, 0) is 6.54 Å². The minimum Gasteiger partial charge on any atom is -0.508 e. The molecule has 0 saturated heterocycles. The first-order valence-electron chi connectivity index (χ1n) is 6.88. The zero-order valence-electron chi connectivity index (χ0n) is 12.6. The highest BCUT2D eigenvalue weighted by molar-refractivity contribution is 5.42. The number of benzene rings is 2. The SMILES string of the molecule is COc1ccc(C(C)NCc2ccccc2O)c(OC)c1. The second kappa shape index (κ2) is 6.99. The highest BCUT2D eigenvalue weighted by atomic mass is 16.5. The number of nitrogens with one attached hydrogen (secondary N) is 1. The maximum Gasteiger partial charge on any atom is 0.127 e. The van der Waals surface area contributed by atoms with Crippen molar-refractivity contribution < 1.29 is 14.6 Å². The number of hydrogen-bond acceptors (Lipinski definition) is 4. The number of aromatic hydroxyl groups is 1. The predicted molar refractivity (Wildman–Crippen MR) is 82.9 cm³/mol. The smallest absolute Gasteiger partial charge is 0.127 e. The largest absolute Gasteiger partial charge is 0.508 e. The summed E-state index contributed by atoms with van der Waals surface area (Å²) in [5.41, 5.74) is 1.92. The molecule has 1 atom stereocenters. The summed E-state index contributed by atoms with van der Waals surface area (Å²) >= 11 is 0. The quantitative estimate of drug-likeness (QED) is 0.856. The Labute approximate surface area is 125 Å². The molecule has 0 bridgehead atoms. The molecule has 2 N–H and O–H groups in total. The summed E-state index contributed by atoms with van der Waals surface area (Å²) in [5, 5.41) is 13.2. The van der Waals surface area contributed by atoms with Gasteiger partial charge in [0.2, 0.25) is 0 Å². The van der Waals surface area contributed by atoms with Crippen molar-refractivity contribution in [3.05, 3.63) is 53.6 Å². The Morgan fingerprint density at radius 2 is 1.86 bits per heavy atom. The Bertz CT molecular complexity index is 598. The van der Waals surface area contributed by atoms with Crippen LogP contribution in [0.4, 0.5) is 0 Å². The predicted octanol–water partition coefficient (Wildman–Crippen LogP) is 3.26. The average Bonchev–Trinajstić information content (AvgIpc) is 2.53. The summed E-state index contributed by atoms with van der Waals surface area (Å²) in [7, 11) is 3.28. The lowest BCUT2D eigenvalue weighted by Gasteiger charge is -2.18. The van der Waals surface area contributed by atoms with E-state index in [4.69, 9.17) is 9.47 Å². The topological polar surface area (TPSA) is 50.7 Å². The van der Waals surface area contributed by atoms with Gasteiger partial charge in [0, 0.05) is 29.8 Å². The Balaban J connectivity index is 2.10. The van der Waals surface area contributed by atoms with Crippen molar-refractivity contribution in [1.29, 1.82) is 0 Å². The number of phenolic OH excluding ortho intramolecular Hbond substituents is 1. The molecule has 0 radical (unpaired) electrons. The Morgan fingerprint density at radius 3 is 2.52 bits per heavy atom. The molecule has 0 amide bonds. The number of phenols is 1. The second-order valence-electron chi connectivity index (χ2n) is 4.84. The van der Waals surface area contributed by atoms with E-state index in [0.717, 1.165) is 22.6 Å². The van der Waals surface area contributed by atoms with Crippen molar-refractivity contribution in [2.75, 3.05) is 14.2 Å². The fourth-order valence-corrected chi connectivity index (χ4v) is 2.21. The molecule has 4 heteroatoms. The Morgan fingerprint density at radius 1 is 1.10 bits per heavy atom. The van der Waals surface area contributed by atoms with Crippen LogP contribution in [-0.4, -0.2) is 19.3 Å². The first-order valence-corrected chi connectivity index (χ1v) is 6.88. The van der Waals surface area contributed by atoms with Crippen molar-refractivity contribution >= 4 is 0 Å². The fourth-order valence-electron chi connectivity index (χ4n) is 2.21. The molecule has 0 fully saturated rings. The first kappa shape index (κ1) is 15.2. The summed E-state index contributed by atoms with van der Waals surface area (Å²) in [4.78, 5) is 0. The van der Waals surface area contributed by atoms with Gasteiger partial charge in [-0.15, -0.1) is 0 Å². The number of ether oxygens (including phenoxy) is 2. The van der Waals surface area contributed by atoms with Gasteiger partial charge in [-0.3, -0.25) is 0 Å². The maximum absolute atomic E-state index is 9.78. The number of para-hydroxylation sites is 1. The Hall–Kier alpha value is -2.20. The second-order valence-corrected chi connectivity index (χ2v) is 4.84. The minimum atomic E-state index is 0.0884. The molecule has 4 nitrogen and oxygen atoms in total. The summed E-state index contributed by atoms with van der Waals surface area (Å²) in [5.74, 6) is 1.86. The lowest BCUT2D eigenvalue weighted by molar-refractivity contribution is 0.385. The van der Waals surface area contributed by atoms with E-state index in [1.54, 1.807) is 20.3 Å². The van der Waals surface area contributed by atoms with Gasteiger partial charge in [0.05, 0.1) is 14.2 Å². The number of hydrogen-bond donors (Lipinski definition) is 2. The zero-order chi connectivity index (χ0) is 15.2. The highest BCUT2D eigenvalue weighted by Crippen LogP contribution is 2.29. The summed E-state index contributed by atoms with van der Waals surface area (Å²) < 4.78 is 10.6. The van der Waals surface area contributed by atoms with Crippen LogP contribution in [0.25, 0.3) is 0 Å². The van der Waals surface area contributed by atoms with E-state index in [9.17, 15) is 5.11 Å².